The molecule has 1 aromatic heterocycles. The molecule has 31 heavy (non-hydrogen) atoms. The Kier molecular flexibility index (Phi) is 10.7. The summed E-state index contributed by atoms with van der Waals surface area (Å²) >= 11 is 0. The number of aliphatic carboxylic acids is 2. The van der Waals surface area contributed by atoms with Gasteiger partial charge >= 0.3 is 18.0 Å². The van der Waals surface area contributed by atoms with Gasteiger partial charge < -0.3 is 42.2 Å². The molecule has 1 aliphatic heterocycles. The number of urea groups is 1. The van der Waals surface area contributed by atoms with Crippen molar-refractivity contribution < 1.29 is 29.1 Å². The molecule has 0 bridgehead atoms. The van der Waals surface area contributed by atoms with Crippen molar-refractivity contribution in [1.82, 2.24) is 20.4 Å². The maximum absolute atomic E-state index is 12.1. The molecule has 0 spiro atoms. The van der Waals surface area contributed by atoms with E-state index in [1.54, 1.807) is 6.92 Å². The van der Waals surface area contributed by atoms with E-state index in [-0.39, 0.29) is 24.8 Å². The zero-order valence-electron chi connectivity index (χ0n) is 17.4. The molecule has 1 aliphatic rings. The van der Waals surface area contributed by atoms with Crippen molar-refractivity contribution in [2.24, 2.45) is 22.2 Å². The topological polar surface area (TPSA) is 236 Å². The van der Waals surface area contributed by atoms with Gasteiger partial charge in [0, 0.05) is 19.5 Å². The van der Waals surface area contributed by atoms with Gasteiger partial charge in [0.1, 0.15) is 6.04 Å². The monoisotopic (exact) mass is 442 g/mol. The van der Waals surface area contributed by atoms with Crippen molar-refractivity contribution >= 4 is 23.9 Å². The summed E-state index contributed by atoms with van der Waals surface area (Å²) in [7, 11) is 0. The predicted octanol–water partition coefficient (Wildman–Crippen LogP) is -0.637. The first-order chi connectivity index (χ1) is 14.6. The van der Waals surface area contributed by atoms with E-state index >= 15 is 0 Å². The molecule has 14 nitrogen and oxygen atoms in total. The summed E-state index contributed by atoms with van der Waals surface area (Å²) in [5, 5.41) is 23.2. The minimum Gasteiger partial charge on any atom is -0.481 e. The Hall–Kier alpha value is -3.42. The van der Waals surface area contributed by atoms with Gasteiger partial charge in [0.15, 0.2) is 11.8 Å². The lowest BCUT2D eigenvalue weighted by molar-refractivity contribution is -0.141. The number of likely N-dealkylation sites (tertiary alicyclic amines) is 1. The van der Waals surface area contributed by atoms with Gasteiger partial charge in [0.05, 0.1) is 12.6 Å². The lowest BCUT2D eigenvalue weighted by atomic mass is 10.1. The Morgan fingerprint density at radius 1 is 1.35 bits per heavy atom. The van der Waals surface area contributed by atoms with Crippen molar-refractivity contribution in [1.29, 1.82) is 0 Å². The number of rotatable bonds is 9. The molecule has 2 amide bonds. The average molecular weight is 442 g/mol. The molecule has 0 saturated carbocycles. The quantitative estimate of drug-likeness (QED) is 0.160. The number of aromatic nitrogens is 2. The van der Waals surface area contributed by atoms with Gasteiger partial charge in [-0.05, 0) is 25.7 Å². The highest BCUT2D eigenvalue weighted by Crippen LogP contribution is 2.17. The number of carboxylic acids is 2. The predicted molar refractivity (Wildman–Crippen MR) is 109 cm³/mol. The van der Waals surface area contributed by atoms with Crippen LogP contribution < -0.4 is 22.5 Å². The zero-order chi connectivity index (χ0) is 23.4. The van der Waals surface area contributed by atoms with E-state index in [0.717, 1.165) is 0 Å². The molecule has 0 aliphatic carbocycles. The SMILES string of the molecule is CCC(=O)O.NC(N)=NCCCC(N)c1noc(CNC(=O)N2CCCC2C(=O)O)n1. The van der Waals surface area contributed by atoms with Gasteiger partial charge in [-0.1, -0.05) is 12.1 Å². The molecule has 2 unspecified atom stereocenters. The molecule has 1 saturated heterocycles. The Labute approximate surface area is 178 Å². The average Bonchev–Trinajstić information content (AvgIpc) is 3.39. The molecule has 2 atom stereocenters. The third-order valence-electron chi connectivity index (χ3n) is 4.28. The van der Waals surface area contributed by atoms with Gasteiger partial charge in [-0.3, -0.25) is 9.79 Å². The lowest BCUT2D eigenvalue weighted by Gasteiger charge is -2.21. The van der Waals surface area contributed by atoms with Crippen LogP contribution in [0.1, 0.15) is 56.8 Å². The first-order valence-corrected chi connectivity index (χ1v) is 9.78. The third-order valence-corrected chi connectivity index (χ3v) is 4.28. The third kappa shape index (κ3) is 9.29. The highest BCUT2D eigenvalue weighted by Gasteiger charge is 2.34. The van der Waals surface area contributed by atoms with Crippen LogP contribution in [-0.2, 0) is 16.1 Å². The minimum absolute atomic E-state index is 0.00457. The van der Waals surface area contributed by atoms with Gasteiger partial charge in [-0.2, -0.15) is 4.98 Å². The second-order valence-corrected chi connectivity index (χ2v) is 6.70. The molecule has 174 valence electrons. The van der Waals surface area contributed by atoms with E-state index in [2.05, 4.69) is 20.4 Å². The highest BCUT2D eigenvalue weighted by molar-refractivity contribution is 5.83. The first kappa shape index (κ1) is 25.6. The lowest BCUT2D eigenvalue weighted by Crippen LogP contribution is -2.45. The van der Waals surface area contributed by atoms with Crippen LogP contribution in [0.4, 0.5) is 4.79 Å². The summed E-state index contributed by atoms with van der Waals surface area (Å²) in [5.41, 5.74) is 16.5. The Balaban J connectivity index is 0.000000861. The summed E-state index contributed by atoms with van der Waals surface area (Å²) in [4.78, 5) is 41.9. The van der Waals surface area contributed by atoms with E-state index in [9.17, 15) is 14.4 Å². The Bertz CT molecular complexity index is 764. The van der Waals surface area contributed by atoms with E-state index in [1.807, 2.05) is 0 Å². The number of carbonyl (C=O) groups is 3. The fourth-order valence-electron chi connectivity index (χ4n) is 2.66. The molecular weight excluding hydrogens is 412 g/mol. The number of nitrogens with zero attached hydrogens (tertiary/aromatic N) is 4. The van der Waals surface area contributed by atoms with Crippen LogP contribution in [0.3, 0.4) is 0 Å². The summed E-state index contributed by atoms with van der Waals surface area (Å²) in [5.74, 6) is -1.21. The molecule has 9 N–H and O–H groups in total. The second kappa shape index (κ2) is 13.0. The van der Waals surface area contributed by atoms with Crippen molar-refractivity contribution in [3.63, 3.8) is 0 Å². The number of aliphatic imine (C=N–C) groups is 1. The van der Waals surface area contributed by atoms with Crippen molar-refractivity contribution in [2.45, 2.75) is 57.7 Å². The number of carboxylic acid groups (broad SMARTS) is 2. The zero-order valence-corrected chi connectivity index (χ0v) is 17.4. The number of carbonyl (C=O) groups excluding carboxylic acids is 1. The van der Waals surface area contributed by atoms with Gasteiger partial charge in [-0.15, -0.1) is 0 Å². The van der Waals surface area contributed by atoms with Crippen molar-refractivity contribution in [2.75, 3.05) is 13.1 Å². The fourth-order valence-corrected chi connectivity index (χ4v) is 2.66. The number of amides is 2. The van der Waals surface area contributed by atoms with Crippen molar-refractivity contribution in [3.8, 4) is 0 Å². The summed E-state index contributed by atoms with van der Waals surface area (Å²) in [6, 6.07) is -1.71. The second-order valence-electron chi connectivity index (χ2n) is 6.70. The Morgan fingerprint density at radius 3 is 2.61 bits per heavy atom. The van der Waals surface area contributed by atoms with Gasteiger partial charge in [-0.25, -0.2) is 9.59 Å². The van der Waals surface area contributed by atoms with Crippen LogP contribution in [0.2, 0.25) is 0 Å². The van der Waals surface area contributed by atoms with E-state index in [0.29, 0.717) is 44.6 Å². The molecule has 1 fully saturated rings. The summed E-state index contributed by atoms with van der Waals surface area (Å²) in [6.45, 7) is 2.45. The van der Waals surface area contributed by atoms with Crippen LogP contribution in [0.15, 0.2) is 9.52 Å². The number of nitrogens with two attached hydrogens (primary N) is 3. The van der Waals surface area contributed by atoms with Crippen molar-refractivity contribution in [3.05, 3.63) is 11.7 Å². The number of hydrogen-bond acceptors (Lipinski definition) is 8. The molecule has 14 heteroatoms. The van der Waals surface area contributed by atoms with Crippen LogP contribution in [0.25, 0.3) is 0 Å². The van der Waals surface area contributed by atoms with Crippen LogP contribution in [0, 0.1) is 0 Å². The number of guanidine groups is 1. The molecule has 0 radical (unpaired) electrons. The molecule has 2 heterocycles. The molecule has 0 aromatic carbocycles. The Morgan fingerprint density at radius 2 is 2.03 bits per heavy atom. The van der Waals surface area contributed by atoms with E-state index in [4.69, 9.17) is 31.9 Å². The van der Waals surface area contributed by atoms with E-state index in [1.165, 1.54) is 4.90 Å². The number of hydrogen-bond donors (Lipinski definition) is 6. The smallest absolute Gasteiger partial charge is 0.326 e. The molecular formula is C17H30N8O6. The summed E-state index contributed by atoms with van der Waals surface area (Å²) in [6.07, 6.45) is 2.55. The summed E-state index contributed by atoms with van der Waals surface area (Å²) < 4.78 is 5.06. The van der Waals surface area contributed by atoms with Gasteiger partial charge in [0.25, 0.3) is 0 Å². The molecule has 2 rings (SSSR count). The normalized spacial score (nSPS) is 16.1. The fraction of sp³-hybridized carbons (Fsp3) is 0.647. The van der Waals surface area contributed by atoms with Gasteiger partial charge in [0.2, 0.25) is 5.89 Å². The maximum atomic E-state index is 12.1. The minimum atomic E-state index is -1.01. The first-order valence-electron chi connectivity index (χ1n) is 9.78. The molecule has 1 aromatic rings. The van der Waals surface area contributed by atoms with Crippen LogP contribution >= 0.6 is 0 Å². The van der Waals surface area contributed by atoms with Crippen LogP contribution in [0.5, 0.6) is 0 Å². The standard InChI is InChI=1S/C14H24N8O4.C3H6O2/c15-8(3-1-5-18-13(16)17)11-20-10(26-21-11)7-19-14(25)22-6-2-4-9(22)12(23)24;1-2-3(4)5/h8-9H,1-7,15H2,(H,19,25)(H,23,24)(H4,16,17,18);2H2,1H3,(H,4,5). The van der Waals surface area contributed by atoms with E-state index < -0.39 is 30.1 Å². The largest absolute Gasteiger partial charge is 0.481 e. The number of nitrogens with one attached hydrogen (secondary N) is 1. The maximum Gasteiger partial charge on any atom is 0.326 e. The van der Waals surface area contributed by atoms with Crippen LogP contribution in [-0.4, -0.2) is 68.3 Å². The highest BCUT2D eigenvalue weighted by atomic mass is 16.5.